The van der Waals surface area contributed by atoms with E-state index in [0.29, 0.717) is 23.9 Å². The SMILES string of the molecule is CC(C)[C@@H](NC(=O)c1ccc(Cl)nc1)c1ccc2c(c1)OCCCO2. The predicted molar refractivity (Wildman–Crippen MR) is 96.3 cm³/mol. The van der Waals surface area contributed by atoms with Gasteiger partial charge in [-0.1, -0.05) is 31.5 Å². The second-order valence-electron chi connectivity index (χ2n) is 6.32. The van der Waals surface area contributed by atoms with Gasteiger partial charge < -0.3 is 14.8 Å². The van der Waals surface area contributed by atoms with Crippen molar-refractivity contribution in [3.63, 3.8) is 0 Å². The summed E-state index contributed by atoms with van der Waals surface area (Å²) in [5.74, 6) is 1.49. The number of hydrogen-bond donors (Lipinski definition) is 1. The number of carbonyl (C=O) groups excluding carboxylic acids is 1. The molecule has 1 atom stereocenters. The van der Waals surface area contributed by atoms with Crippen LogP contribution < -0.4 is 14.8 Å². The van der Waals surface area contributed by atoms with Gasteiger partial charge in [-0.3, -0.25) is 4.79 Å². The molecule has 0 unspecified atom stereocenters. The van der Waals surface area contributed by atoms with Crippen molar-refractivity contribution in [2.75, 3.05) is 13.2 Å². The second-order valence-corrected chi connectivity index (χ2v) is 6.71. The average Bonchev–Trinajstić information content (AvgIpc) is 2.84. The molecule has 0 spiro atoms. The lowest BCUT2D eigenvalue weighted by Gasteiger charge is -2.24. The molecule has 1 aromatic carbocycles. The summed E-state index contributed by atoms with van der Waals surface area (Å²) in [5.41, 5.74) is 1.46. The van der Waals surface area contributed by atoms with Crippen molar-refractivity contribution in [3.05, 3.63) is 52.8 Å². The first-order valence-corrected chi connectivity index (χ1v) is 8.74. The summed E-state index contributed by atoms with van der Waals surface area (Å²) in [6.45, 7) is 5.41. The number of nitrogens with one attached hydrogen (secondary N) is 1. The molecule has 1 amide bonds. The number of halogens is 1. The van der Waals surface area contributed by atoms with Crippen LogP contribution in [0.5, 0.6) is 11.5 Å². The van der Waals surface area contributed by atoms with Crippen LogP contribution in [0.4, 0.5) is 0 Å². The zero-order valence-corrected chi connectivity index (χ0v) is 15.0. The maximum atomic E-state index is 12.5. The number of ether oxygens (including phenoxy) is 2. The van der Waals surface area contributed by atoms with E-state index in [2.05, 4.69) is 24.1 Å². The van der Waals surface area contributed by atoms with Crippen LogP contribution in [-0.2, 0) is 0 Å². The molecule has 0 bridgehead atoms. The molecular formula is C19H21ClN2O3. The molecule has 1 aromatic heterocycles. The fourth-order valence-electron chi connectivity index (χ4n) is 2.74. The molecule has 1 aliphatic rings. The summed E-state index contributed by atoms with van der Waals surface area (Å²) in [6, 6.07) is 8.94. The molecule has 2 aromatic rings. The van der Waals surface area contributed by atoms with Crippen LogP contribution in [0.15, 0.2) is 36.5 Å². The van der Waals surface area contributed by atoms with Gasteiger partial charge in [0.05, 0.1) is 24.8 Å². The predicted octanol–water partition coefficient (Wildman–Crippen LogP) is 4.02. The topological polar surface area (TPSA) is 60.5 Å². The molecule has 3 rings (SSSR count). The van der Waals surface area contributed by atoms with Crippen molar-refractivity contribution >= 4 is 17.5 Å². The minimum Gasteiger partial charge on any atom is -0.490 e. The van der Waals surface area contributed by atoms with E-state index in [9.17, 15) is 4.79 Å². The van der Waals surface area contributed by atoms with Gasteiger partial charge in [0.15, 0.2) is 11.5 Å². The van der Waals surface area contributed by atoms with E-state index in [1.54, 1.807) is 12.1 Å². The highest BCUT2D eigenvalue weighted by Gasteiger charge is 2.21. The Morgan fingerprint density at radius 3 is 2.60 bits per heavy atom. The minimum atomic E-state index is -0.185. The Hall–Kier alpha value is -2.27. The number of carbonyl (C=O) groups is 1. The van der Waals surface area contributed by atoms with Crippen LogP contribution >= 0.6 is 11.6 Å². The lowest BCUT2D eigenvalue weighted by atomic mass is 9.95. The molecule has 0 saturated heterocycles. The maximum absolute atomic E-state index is 12.5. The van der Waals surface area contributed by atoms with Gasteiger partial charge in [0, 0.05) is 12.6 Å². The number of aromatic nitrogens is 1. The van der Waals surface area contributed by atoms with E-state index in [0.717, 1.165) is 23.5 Å². The van der Waals surface area contributed by atoms with Crippen molar-refractivity contribution in [1.29, 1.82) is 0 Å². The van der Waals surface area contributed by atoms with Gasteiger partial charge in [-0.15, -0.1) is 0 Å². The molecule has 0 aliphatic carbocycles. The quantitative estimate of drug-likeness (QED) is 0.836. The Labute approximate surface area is 152 Å². The molecule has 6 heteroatoms. The molecule has 0 radical (unpaired) electrons. The third-order valence-electron chi connectivity index (χ3n) is 4.07. The molecule has 25 heavy (non-hydrogen) atoms. The van der Waals surface area contributed by atoms with Gasteiger partial charge in [-0.25, -0.2) is 4.98 Å². The molecular weight excluding hydrogens is 340 g/mol. The number of benzene rings is 1. The first kappa shape index (κ1) is 17.5. The van der Waals surface area contributed by atoms with E-state index in [-0.39, 0.29) is 17.9 Å². The summed E-state index contributed by atoms with van der Waals surface area (Å²) in [4.78, 5) is 16.5. The average molecular weight is 361 g/mol. The summed E-state index contributed by atoms with van der Waals surface area (Å²) >= 11 is 5.78. The van der Waals surface area contributed by atoms with Crippen molar-refractivity contribution in [2.45, 2.75) is 26.3 Å². The zero-order valence-electron chi connectivity index (χ0n) is 14.3. The Balaban J connectivity index is 1.82. The first-order valence-electron chi connectivity index (χ1n) is 8.36. The van der Waals surface area contributed by atoms with Crippen molar-refractivity contribution in [1.82, 2.24) is 10.3 Å². The van der Waals surface area contributed by atoms with Gasteiger partial charge in [0.2, 0.25) is 0 Å². The number of amides is 1. The highest BCUT2D eigenvalue weighted by Crippen LogP contribution is 2.34. The lowest BCUT2D eigenvalue weighted by Crippen LogP contribution is -2.31. The van der Waals surface area contributed by atoms with Crippen LogP contribution in [0.1, 0.15) is 42.2 Å². The third kappa shape index (κ3) is 4.23. The Morgan fingerprint density at radius 1 is 1.16 bits per heavy atom. The number of hydrogen-bond acceptors (Lipinski definition) is 4. The number of fused-ring (bicyclic) bond motifs is 1. The molecule has 1 aliphatic heterocycles. The molecule has 132 valence electrons. The fraction of sp³-hybridized carbons (Fsp3) is 0.368. The Kier molecular flexibility index (Phi) is 5.43. The maximum Gasteiger partial charge on any atom is 0.253 e. The smallest absolute Gasteiger partial charge is 0.253 e. The largest absolute Gasteiger partial charge is 0.490 e. The molecule has 1 N–H and O–H groups in total. The lowest BCUT2D eigenvalue weighted by molar-refractivity contribution is 0.0925. The highest BCUT2D eigenvalue weighted by atomic mass is 35.5. The van der Waals surface area contributed by atoms with E-state index >= 15 is 0 Å². The second kappa shape index (κ2) is 7.74. The van der Waals surface area contributed by atoms with Gasteiger partial charge in [-0.05, 0) is 35.7 Å². The van der Waals surface area contributed by atoms with E-state index < -0.39 is 0 Å². The van der Waals surface area contributed by atoms with Crippen LogP contribution in [0.2, 0.25) is 5.15 Å². The van der Waals surface area contributed by atoms with Crippen LogP contribution in [-0.4, -0.2) is 24.1 Å². The van der Waals surface area contributed by atoms with E-state index in [1.807, 2.05) is 18.2 Å². The zero-order chi connectivity index (χ0) is 17.8. The van der Waals surface area contributed by atoms with Gasteiger partial charge in [0.25, 0.3) is 5.91 Å². The normalized spacial score (nSPS) is 14.7. The Bertz CT molecular complexity index is 747. The number of pyridine rings is 1. The fourth-order valence-corrected chi connectivity index (χ4v) is 2.85. The van der Waals surface area contributed by atoms with Crippen molar-refractivity contribution in [2.24, 2.45) is 5.92 Å². The van der Waals surface area contributed by atoms with E-state index in [1.165, 1.54) is 6.20 Å². The monoisotopic (exact) mass is 360 g/mol. The van der Waals surface area contributed by atoms with E-state index in [4.69, 9.17) is 21.1 Å². The molecule has 0 fully saturated rings. The summed E-state index contributed by atoms with van der Waals surface area (Å²) in [6.07, 6.45) is 2.33. The molecule has 5 nitrogen and oxygen atoms in total. The van der Waals surface area contributed by atoms with Crippen LogP contribution in [0.3, 0.4) is 0 Å². The van der Waals surface area contributed by atoms with Crippen LogP contribution in [0.25, 0.3) is 0 Å². The van der Waals surface area contributed by atoms with Gasteiger partial charge in [0.1, 0.15) is 5.15 Å². The Morgan fingerprint density at radius 2 is 1.92 bits per heavy atom. The summed E-state index contributed by atoms with van der Waals surface area (Å²) in [7, 11) is 0. The molecule has 0 saturated carbocycles. The number of nitrogens with zero attached hydrogens (tertiary/aromatic N) is 1. The molecule has 2 heterocycles. The summed E-state index contributed by atoms with van der Waals surface area (Å²) in [5, 5.41) is 3.43. The van der Waals surface area contributed by atoms with Crippen LogP contribution in [0, 0.1) is 5.92 Å². The minimum absolute atomic E-state index is 0.152. The van der Waals surface area contributed by atoms with Crippen molar-refractivity contribution < 1.29 is 14.3 Å². The van der Waals surface area contributed by atoms with Gasteiger partial charge >= 0.3 is 0 Å². The first-order chi connectivity index (χ1) is 12.0. The van der Waals surface area contributed by atoms with Crippen molar-refractivity contribution in [3.8, 4) is 11.5 Å². The number of rotatable bonds is 4. The summed E-state index contributed by atoms with van der Waals surface area (Å²) < 4.78 is 11.4. The standard InChI is InChI=1S/C19H21ClN2O3/c1-12(2)18(22-19(23)14-5-7-17(20)21-11-14)13-4-6-15-16(10-13)25-9-3-8-24-15/h4-7,10-12,18H,3,8-9H2,1-2H3,(H,22,23)/t18-/m1/s1. The third-order valence-corrected chi connectivity index (χ3v) is 4.30. The highest BCUT2D eigenvalue weighted by molar-refractivity contribution is 6.29. The van der Waals surface area contributed by atoms with Gasteiger partial charge in [-0.2, -0.15) is 0 Å².